The van der Waals surface area contributed by atoms with E-state index in [9.17, 15) is 21.6 Å². The standard InChI is InChI=1S/C14H8F3NO3S2/c15-14(16,17)23(19,20)21-11-4-2-1-3-10(11)12-13-9(5-7-18-12)6-8-22-13/h1-8H. The van der Waals surface area contributed by atoms with Crippen LogP contribution in [0.4, 0.5) is 13.2 Å². The van der Waals surface area contributed by atoms with Crippen molar-refractivity contribution in [3.63, 3.8) is 0 Å². The zero-order valence-electron chi connectivity index (χ0n) is 11.2. The van der Waals surface area contributed by atoms with Crippen LogP contribution in [0.25, 0.3) is 21.3 Å². The van der Waals surface area contributed by atoms with Gasteiger partial charge in [-0.2, -0.15) is 21.6 Å². The molecule has 0 spiro atoms. The zero-order chi connectivity index (χ0) is 16.7. The van der Waals surface area contributed by atoms with Gasteiger partial charge in [0.05, 0.1) is 10.4 Å². The highest BCUT2D eigenvalue weighted by Gasteiger charge is 2.48. The Morgan fingerprint density at radius 1 is 1.09 bits per heavy atom. The number of nitrogens with zero attached hydrogens (tertiary/aromatic N) is 1. The maximum Gasteiger partial charge on any atom is 0.534 e. The minimum atomic E-state index is -5.75. The van der Waals surface area contributed by atoms with E-state index in [1.54, 1.807) is 12.1 Å². The third-order valence-corrected chi connectivity index (χ3v) is 4.90. The number of benzene rings is 1. The summed E-state index contributed by atoms with van der Waals surface area (Å²) in [4.78, 5) is 4.16. The molecule has 9 heteroatoms. The number of rotatable bonds is 3. The zero-order valence-corrected chi connectivity index (χ0v) is 12.9. The molecule has 0 fully saturated rings. The van der Waals surface area contributed by atoms with E-state index in [0.717, 1.165) is 16.2 Å². The molecule has 0 saturated carbocycles. The van der Waals surface area contributed by atoms with Gasteiger partial charge in [0.15, 0.2) is 5.75 Å². The minimum absolute atomic E-state index is 0.174. The van der Waals surface area contributed by atoms with Crippen molar-refractivity contribution in [1.82, 2.24) is 4.98 Å². The number of para-hydroxylation sites is 1. The molecule has 3 rings (SSSR count). The predicted molar refractivity (Wildman–Crippen MR) is 80.7 cm³/mol. The molecular formula is C14H8F3NO3S2. The Balaban J connectivity index is 2.15. The molecule has 23 heavy (non-hydrogen) atoms. The fourth-order valence-electron chi connectivity index (χ4n) is 1.99. The first-order chi connectivity index (χ1) is 10.8. The van der Waals surface area contributed by atoms with Gasteiger partial charge in [-0.25, -0.2) is 0 Å². The van der Waals surface area contributed by atoms with Gasteiger partial charge in [-0.1, -0.05) is 12.1 Å². The predicted octanol–water partition coefficient (Wildman–Crippen LogP) is 4.19. The highest BCUT2D eigenvalue weighted by molar-refractivity contribution is 7.88. The lowest BCUT2D eigenvalue weighted by Gasteiger charge is -2.13. The van der Waals surface area contributed by atoms with Crippen LogP contribution in [0.15, 0.2) is 48.0 Å². The summed E-state index contributed by atoms with van der Waals surface area (Å²) >= 11 is 1.35. The summed E-state index contributed by atoms with van der Waals surface area (Å²) in [7, 11) is -5.75. The van der Waals surface area contributed by atoms with Crippen LogP contribution < -0.4 is 4.18 Å². The molecule has 0 aliphatic rings. The first-order valence-electron chi connectivity index (χ1n) is 6.22. The summed E-state index contributed by atoms with van der Waals surface area (Å²) in [5.41, 5.74) is -4.96. The molecular weight excluding hydrogens is 351 g/mol. The van der Waals surface area contributed by atoms with Crippen molar-refractivity contribution in [3.8, 4) is 17.0 Å². The number of hydrogen-bond acceptors (Lipinski definition) is 5. The molecule has 0 amide bonds. The van der Waals surface area contributed by atoms with Gasteiger partial charge in [0.2, 0.25) is 0 Å². The summed E-state index contributed by atoms with van der Waals surface area (Å²) in [5, 5.41) is 2.67. The van der Waals surface area contributed by atoms with Gasteiger partial charge in [-0.3, -0.25) is 4.98 Å². The SMILES string of the molecule is O=S(=O)(Oc1ccccc1-c1nccc2ccsc12)C(F)(F)F. The number of hydrogen-bond donors (Lipinski definition) is 0. The van der Waals surface area contributed by atoms with E-state index in [4.69, 9.17) is 0 Å². The van der Waals surface area contributed by atoms with Crippen molar-refractivity contribution in [2.75, 3.05) is 0 Å². The van der Waals surface area contributed by atoms with E-state index in [-0.39, 0.29) is 5.56 Å². The van der Waals surface area contributed by atoms with Crippen molar-refractivity contribution < 1.29 is 25.8 Å². The summed E-state index contributed by atoms with van der Waals surface area (Å²) in [6.45, 7) is 0. The van der Waals surface area contributed by atoms with Gasteiger partial charge in [0.25, 0.3) is 0 Å². The van der Waals surface area contributed by atoms with Gasteiger partial charge in [0, 0.05) is 11.8 Å². The highest BCUT2D eigenvalue weighted by atomic mass is 32.2. The van der Waals surface area contributed by atoms with Gasteiger partial charge in [0.1, 0.15) is 0 Å². The number of pyridine rings is 1. The molecule has 120 valence electrons. The maximum absolute atomic E-state index is 12.5. The second-order valence-electron chi connectivity index (χ2n) is 4.48. The van der Waals surface area contributed by atoms with Crippen LogP contribution in [-0.4, -0.2) is 18.9 Å². The molecule has 1 aromatic carbocycles. The Kier molecular flexibility index (Phi) is 3.77. The van der Waals surface area contributed by atoms with Crippen molar-refractivity contribution in [2.24, 2.45) is 0 Å². The Morgan fingerprint density at radius 2 is 1.83 bits per heavy atom. The van der Waals surface area contributed by atoms with Gasteiger partial charge < -0.3 is 4.18 Å². The van der Waals surface area contributed by atoms with Crippen LogP contribution in [-0.2, 0) is 10.1 Å². The fourth-order valence-corrected chi connectivity index (χ4v) is 3.36. The number of aromatic nitrogens is 1. The van der Waals surface area contributed by atoms with E-state index in [1.807, 2.05) is 11.4 Å². The van der Waals surface area contributed by atoms with Crippen molar-refractivity contribution in [3.05, 3.63) is 48.0 Å². The largest absolute Gasteiger partial charge is 0.534 e. The normalized spacial score (nSPS) is 12.5. The second-order valence-corrected chi connectivity index (χ2v) is 6.93. The number of alkyl halides is 3. The topological polar surface area (TPSA) is 56.3 Å². The summed E-state index contributed by atoms with van der Waals surface area (Å²) in [6, 6.07) is 9.16. The third-order valence-electron chi connectivity index (χ3n) is 2.99. The quantitative estimate of drug-likeness (QED) is 0.520. The first kappa shape index (κ1) is 15.8. The van der Waals surface area contributed by atoms with Crippen molar-refractivity contribution >= 4 is 31.5 Å². The van der Waals surface area contributed by atoms with Crippen LogP contribution in [0, 0.1) is 0 Å². The van der Waals surface area contributed by atoms with Crippen LogP contribution in [0.1, 0.15) is 0 Å². The van der Waals surface area contributed by atoms with E-state index in [1.165, 1.54) is 29.7 Å². The van der Waals surface area contributed by atoms with Crippen molar-refractivity contribution in [1.29, 1.82) is 0 Å². The van der Waals surface area contributed by atoms with Gasteiger partial charge in [-0.15, -0.1) is 11.3 Å². The van der Waals surface area contributed by atoms with E-state index >= 15 is 0 Å². The van der Waals surface area contributed by atoms with Gasteiger partial charge in [-0.05, 0) is 35.0 Å². The van der Waals surface area contributed by atoms with E-state index in [2.05, 4.69) is 9.17 Å². The molecule has 0 saturated heterocycles. The lowest BCUT2D eigenvalue weighted by atomic mass is 10.1. The van der Waals surface area contributed by atoms with Crippen LogP contribution in [0.3, 0.4) is 0 Å². The molecule has 3 aromatic rings. The summed E-state index contributed by atoms with van der Waals surface area (Å²) < 4.78 is 65.1. The third kappa shape index (κ3) is 2.89. The Labute approximate surface area is 133 Å². The average molecular weight is 359 g/mol. The summed E-state index contributed by atoms with van der Waals surface area (Å²) in [6.07, 6.45) is 1.50. The minimum Gasteiger partial charge on any atom is -0.375 e. The summed E-state index contributed by atoms with van der Waals surface area (Å²) in [5.74, 6) is -0.418. The molecule has 0 N–H and O–H groups in total. The molecule has 0 bridgehead atoms. The highest BCUT2D eigenvalue weighted by Crippen LogP contribution is 2.37. The maximum atomic E-state index is 12.5. The number of halogens is 3. The Bertz CT molecular complexity index is 965. The van der Waals surface area contributed by atoms with Crippen molar-refractivity contribution in [2.45, 2.75) is 5.51 Å². The molecule has 2 aromatic heterocycles. The smallest absolute Gasteiger partial charge is 0.375 e. The first-order valence-corrected chi connectivity index (χ1v) is 8.51. The Hall–Kier alpha value is -2.13. The van der Waals surface area contributed by atoms with Crippen LogP contribution >= 0.6 is 11.3 Å². The van der Waals surface area contributed by atoms with Gasteiger partial charge >= 0.3 is 15.6 Å². The van der Waals surface area contributed by atoms with Crippen LogP contribution in [0.5, 0.6) is 5.75 Å². The average Bonchev–Trinajstić information content (AvgIpc) is 2.94. The van der Waals surface area contributed by atoms with E-state index in [0.29, 0.717) is 5.69 Å². The van der Waals surface area contributed by atoms with E-state index < -0.39 is 21.4 Å². The monoisotopic (exact) mass is 359 g/mol. The molecule has 2 heterocycles. The second kappa shape index (κ2) is 5.50. The molecule has 0 radical (unpaired) electrons. The lowest BCUT2D eigenvalue weighted by molar-refractivity contribution is -0.0499. The number of thiophene rings is 1. The molecule has 0 unspecified atom stereocenters. The lowest BCUT2D eigenvalue weighted by Crippen LogP contribution is -2.28. The molecule has 0 aliphatic carbocycles. The Morgan fingerprint density at radius 3 is 2.57 bits per heavy atom. The van der Waals surface area contributed by atoms with Crippen LogP contribution in [0.2, 0.25) is 0 Å². The number of fused-ring (bicyclic) bond motifs is 1. The molecule has 4 nitrogen and oxygen atoms in total. The molecule has 0 atom stereocenters. The molecule has 0 aliphatic heterocycles. The fraction of sp³-hybridized carbons (Fsp3) is 0.0714.